The van der Waals surface area contributed by atoms with E-state index >= 15 is 0 Å². The topological polar surface area (TPSA) is 32.3 Å². The maximum Gasteiger partial charge on any atom is 0.254 e. The van der Waals surface area contributed by atoms with Crippen LogP contribution in [-0.4, -0.2) is 36.0 Å². The van der Waals surface area contributed by atoms with Crippen molar-refractivity contribution in [3.05, 3.63) is 32.4 Å². The summed E-state index contributed by atoms with van der Waals surface area (Å²) in [4.78, 5) is 14.3. The number of carbonyl (C=O) groups excluding carboxylic acids is 1. The van der Waals surface area contributed by atoms with E-state index in [2.05, 4.69) is 41.8 Å². The van der Waals surface area contributed by atoms with Gasteiger partial charge in [0, 0.05) is 34.3 Å². The van der Waals surface area contributed by atoms with E-state index in [9.17, 15) is 4.79 Å². The molecule has 1 fully saturated rings. The Hall–Kier alpha value is -0.330. The summed E-state index contributed by atoms with van der Waals surface area (Å²) in [6.45, 7) is 5.67. The van der Waals surface area contributed by atoms with E-state index in [-0.39, 0.29) is 5.91 Å². The molecule has 1 aromatic rings. The predicted molar refractivity (Wildman–Crippen MR) is 82.1 cm³/mol. The Kier molecular flexibility index (Phi) is 4.50. The van der Waals surface area contributed by atoms with Crippen molar-refractivity contribution in [3.63, 3.8) is 0 Å². The van der Waals surface area contributed by atoms with Crippen LogP contribution >= 0.6 is 34.2 Å². The van der Waals surface area contributed by atoms with Crippen molar-refractivity contribution < 1.29 is 4.79 Å². The molecule has 1 aliphatic heterocycles. The molecule has 0 bridgehead atoms. The van der Waals surface area contributed by atoms with Gasteiger partial charge < -0.3 is 10.2 Å². The average molecular weight is 379 g/mol. The third-order valence-corrected chi connectivity index (χ3v) is 4.58. The maximum atomic E-state index is 12.4. The number of hydrogen-bond acceptors (Lipinski definition) is 2. The van der Waals surface area contributed by atoms with Gasteiger partial charge in [-0.25, -0.2) is 0 Å². The largest absolute Gasteiger partial charge is 0.336 e. The predicted octanol–water partition coefficient (Wildman–Crippen LogP) is 2.77. The molecule has 2 unspecified atom stereocenters. The molecule has 0 aromatic heterocycles. The molecule has 0 saturated carbocycles. The number of benzene rings is 1. The van der Waals surface area contributed by atoms with Crippen molar-refractivity contribution in [1.29, 1.82) is 0 Å². The minimum absolute atomic E-state index is 0.0634. The van der Waals surface area contributed by atoms with Gasteiger partial charge in [0.2, 0.25) is 0 Å². The fourth-order valence-electron chi connectivity index (χ4n) is 2.30. The summed E-state index contributed by atoms with van der Waals surface area (Å²) in [7, 11) is 0. The van der Waals surface area contributed by atoms with Crippen molar-refractivity contribution in [3.8, 4) is 0 Å². The van der Waals surface area contributed by atoms with Crippen LogP contribution < -0.4 is 5.32 Å². The molecule has 98 valence electrons. The second kappa shape index (κ2) is 5.75. The molecular weight excluding hydrogens is 363 g/mol. The van der Waals surface area contributed by atoms with Crippen LogP contribution in [0.15, 0.2) is 18.2 Å². The number of piperazine rings is 1. The van der Waals surface area contributed by atoms with Gasteiger partial charge >= 0.3 is 0 Å². The van der Waals surface area contributed by atoms with Crippen LogP contribution in [0.25, 0.3) is 0 Å². The van der Waals surface area contributed by atoms with Gasteiger partial charge in [-0.05, 0) is 54.6 Å². The van der Waals surface area contributed by atoms with E-state index in [0.29, 0.717) is 22.7 Å². The third-order valence-electron chi connectivity index (χ3n) is 3.01. The zero-order valence-electron chi connectivity index (χ0n) is 10.4. The first-order chi connectivity index (χ1) is 8.47. The first-order valence-corrected chi connectivity index (χ1v) is 7.43. The Morgan fingerprint density at radius 3 is 2.56 bits per heavy atom. The molecule has 1 heterocycles. The SMILES string of the molecule is CC1CN(C(=O)c2ccc(I)c(Cl)c2)CC(C)N1. The van der Waals surface area contributed by atoms with E-state index in [1.807, 2.05) is 17.0 Å². The number of rotatable bonds is 1. The highest BCUT2D eigenvalue weighted by molar-refractivity contribution is 14.1. The van der Waals surface area contributed by atoms with E-state index in [4.69, 9.17) is 11.6 Å². The summed E-state index contributed by atoms with van der Waals surface area (Å²) in [5.74, 6) is 0.0634. The summed E-state index contributed by atoms with van der Waals surface area (Å²) in [5, 5.41) is 4.05. The van der Waals surface area contributed by atoms with Crippen LogP contribution in [0.1, 0.15) is 24.2 Å². The quantitative estimate of drug-likeness (QED) is 0.762. The lowest BCUT2D eigenvalue weighted by molar-refractivity contribution is 0.0674. The molecule has 1 aliphatic rings. The number of hydrogen-bond donors (Lipinski definition) is 1. The Labute approximate surface area is 126 Å². The lowest BCUT2D eigenvalue weighted by atomic mass is 10.1. The zero-order valence-corrected chi connectivity index (χ0v) is 13.3. The minimum Gasteiger partial charge on any atom is -0.336 e. The van der Waals surface area contributed by atoms with Crippen LogP contribution in [0.2, 0.25) is 5.02 Å². The molecule has 1 aromatic carbocycles. The Bertz CT molecular complexity index is 456. The molecule has 0 spiro atoms. The van der Waals surface area contributed by atoms with Crippen LogP contribution in [0.3, 0.4) is 0 Å². The molecular formula is C13H16ClIN2O. The van der Waals surface area contributed by atoms with Gasteiger partial charge in [0.05, 0.1) is 5.02 Å². The number of amides is 1. The first kappa shape index (κ1) is 14.1. The fourth-order valence-corrected chi connectivity index (χ4v) is 2.82. The van der Waals surface area contributed by atoms with Gasteiger partial charge in [0.1, 0.15) is 0 Å². The highest BCUT2D eigenvalue weighted by Crippen LogP contribution is 2.21. The molecule has 0 radical (unpaired) electrons. The molecule has 2 rings (SSSR count). The molecule has 0 aliphatic carbocycles. The molecule has 3 nitrogen and oxygen atoms in total. The highest BCUT2D eigenvalue weighted by Gasteiger charge is 2.25. The summed E-state index contributed by atoms with van der Waals surface area (Å²) >= 11 is 8.22. The number of nitrogens with zero attached hydrogens (tertiary/aromatic N) is 1. The van der Waals surface area contributed by atoms with Crippen molar-refractivity contribution in [2.75, 3.05) is 13.1 Å². The molecule has 2 atom stereocenters. The van der Waals surface area contributed by atoms with E-state index < -0.39 is 0 Å². The molecule has 1 amide bonds. The van der Waals surface area contributed by atoms with Gasteiger partial charge in [-0.15, -0.1) is 0 Å². The van der Waals surface area contributed by atoms with Gasteiger partial charge in [0.15, 0.2) is 0 Å². The molecule has 18 heavy (non-hydrogen) atoms. The number of nitrogens with one attached hydrogen (secondary N) is 1. The van der Waals surface area contributed by atoms with Crippen molar-refractivity contribution in [1.82, 2.24) is 10.2 Å². The van der Waals surface area contributed by atoms with Crippen LogP contribution in [-0.2, 0) is 0 Å². The van der Waals surface area contributed by atoms with Crippen molar-refractivity contribution in [2.45, 2.75) is 25.9 Å². The highest BCUT2D eigenvalue weighted by atomic mass is 127. The number of carbonyl (C=O) groups is 1. The lowest BCUT2D eigenvalue weighted by Crippen LogP contribution is -2.55. The second-order valence-corrected chi connectivity index (χ2v) is 6.38. The van der Waals surface area contributed by atoms with Gasteiger partial charge in [-0.3, -0.25) is 4.79 Å². The van der Waals surface area contributed by atoms with Gasteiger partial charge in [-0.2, -0.15) is 0 Å². The molecule has 1 saturated heterocycles. The Morgan fingerprint density at radius 2 is 2.00 bits per heavy atom. The van der Waals surface area contributed by atoms with E-state index in [1.165, 1.54) is 0 Å². The Balaban J connectivity index is 2.17. The normalized spacial score (nSPS) is 24.1. The van der Waals surface area contributed by atoms with Crippen LogP contribution in [0, 0.1) is 3.57 Å². The minimum atomic E-state index is 0.0634. The number of halogens is 2. The monoisotopic (exact) mass is 378 g/mol. The summed E-state index contributed by atoms with van der Waals surface area (Å²) < 4.78 is 0.966. The van der Waals surface area contributed by atoms with Gasteiger partial charge in [-0.1, -0.05) is 11.6 Å². The fraction of sp³-hybridized carbons (Fsp3) is 0.462. The first-order valence-electron chi connectivity index (χ1n) is 5.97. The average Bonchev–Trinajstić information content (AvgIpc) is 2.30. The third kappa shape index (κ3) is 3.16. The van der Waals surface area contributed by atoms with Crippen molar-refractivity contribution in [2.24, 2.45) is 0 Å². The van der Waals surface area contributed by atoms with E-state index in [0.717, 1.165) is 16.7 Å². The Morgan fingerprint density at radius 1 is 1.39 bits per heavy atom. The standard InChI is InChI=1S/C13H16ClIN2O/c1-8-6-17(7-9(2)16-8)13(18)10-3-4-12(15)11(14)5-10/h3-5,8-9,16H,6-7H2,1-2H3. The molecule has 5 heteroatoms. The summed E-state index contributed by atoms with van der Waals surface area (Å²) in [6, 6.07) is 6.13. The second-order valence-electron chi connectivity index (χ2n) is 4.81. The smallest absolute Gasteiger partial charge is 0.254 e. The van der Waals surface area contributed by atoms with Gasteiger partial charge in [0.25, 0.3) is 5.91 Å². The van der Waals surface area contributed by atoms with Crippen LogP contribution in [0.4, 0.5) is 0 Å². The van der Waals surface area contributed by atoms with E-state index in [1.54, 1.807) is 6.07 Å². The van der Waals surface area contributed by atoms with Crippen molar-refractivity contribution >= 4 is 40.1 Å². The summed E-state index contributed by atoms with van der Waals surface area (Å²) in [6.07, 6.45) is 0. The van der Waals surface area contributed by atoms with Crippen LogP contribution in [0.5, 0.6) is 0 Å². The lowest BCUT2D eigenvalue weighted by Gasteiger charge is -2.36. The zero-order chi connectivity index (χ0) is 13.3. The maximum absolute atomic E-state index is 12.4. The summed E-state index contributed by atoms with van der Waals surface area (Å²) in [5.41, 5.74) is 0.668. The molecule has 1 N–H and O–H groups in total.